The Labute approximate surface area is 151 Å². The Morgan fingerprint density at radius 1 is 1.04 bits per heavy atom. The van der Waals surface area contributed by atoms with E-state index in [1.165, 1.54) is 0 Å². The van der Waals surface area contributed by atoms with Crippen molar-refractivity contribution in [3.05, 3.63) is 51.0 Å². The molecule has 0 aliphatic heterocycles. The molecule has 2 aromatic carbocycles. The number of anilines is 1. The van der Waals surface area contributed by atoms with Crippen LogP contribution in [0.3, 0.4) is 0 Å². The van der Waals surface area contributed by atoms with Crippen molar-refractivity contribution in [2.24, 2.45) is 0 Å². The zero-order valence-corrected chi connectivity index (χ0v) is 15.9. The fourth-order valence-electron chi connectivity index (χ4n) is 2.15. The van der Waals surface area contributed by atoms with Gasteiger partial charge >= 0.3 is 0 Å². The number of aryl methyl sites for hydroxylation is 1. The van der Waals surface area contributed by atoms with E-state index in [9.17, 15) is 0 Å². The third-order valence-electron chi connectivity index (χ3n) is 3.37. The van der Waals surface area contributed by atoms with Crippen LogP contribution >= 0.6 is 27.5 Å². The zero-order valence-electron chi connectivity index (χ0n) is 13.6. The van der Waals surface area contributed by atoms with Crippen molar-refractivity contribution in [1.82, 2.24) is 0 Å². The Bertz CT molecular complexity index is 676. The number of nitrogens with one attached hydrogen (secondary N) is 1. The first-order chi connectivity index (χ1) is 11.0. The molecule has 0 unspecified atom stereocenters. The number of ether oxygens (including phenoxy) is 2. The van der Waals surface area contributed by atoms with Gasteiger partial charge in [-0.1, -0.05) is 33.6 Å². The van der Waals surface area contributed by atoms with Gasteiger partial charge in [0.2, 0.25) is 0 Å². The minimum Gasteiger partial charge on any atom is -0.490 e. The lowest BCUT2D eigenvalue weighted by atomic mass is 10.2. The first-order valence-electron chi connectivity index (χ1n) is 7.63. The minimum absolute atomic E-state index is 0.599. The van der Waals surface area contributed by atoms with Crippen molar-refractivity contribution >= 4 is 33.2 Å². The quantitative estimate of drug-likeness (QED) is 0.637. The molecule has 0 radical (unpaired) electrons. The molecule has 0 aromatic heterocycles. The highest BCUT2D eigenvalue weighted by molar-refractivity contribution is 9.10. The Morgan fingerprint density at radius 2 is 1.70 bits per heavy atom. The summed E-state index contributed by atoms with van der Waals surface area (Å²) in [5.41, 5.74) is 3.14. The molecule has 124 valence electrons. The van der Waals surface area contributed by atoms with Gasteiger partial charge in [-0.15, -0.1) is 0 Å². The summed E-state index contributed by atoms with van der Waals surface area (Å²) in [6.07, 6.45) is 0. The van der Waals surface area contributed by atoms with Gasteiger partial charge in [0.15, 0.2) is 11.5 Å². The van der Waals surface area contributed by atoms with Crippen LogP contribution < -0.4 is 14.8 Å². The molecule has 0 amide bonds. The molecule has 0 saturated carbocycles. The van der Waals surface area contributed by atoms with Gasteiger partial charge in [0, 0.05) is 21.7 Å². The van der Waals surface area contributed by atoms with Crippen LogP contribution in [0.4, 0.5) is 5.69 Å². The Kier molecular flexibility index (Phi) is 6.60. The van der Waals surface area contributed by atoms with Crippen LogP contribution in [0.15, 0.2) is 34.8 Å². The van der Waals surface area contributed by atoms with Crippen molar-refractivity contribution in [3.8, 4) is 11.5 Å². The lowest BCUT2D eigenvalue weighted by Crippen LogP contribution is -2.04. The van der Waals surface area contributed by atoms with Crippen molar-refractivity contribution in [2.45, 2.75) is 27.3 Å². The van der Waals surface area contributed by atoms with Crippen LogP contribution in [-0.2, 0) is 6.54 Å². The van der Waals surface area contributed by atoms with Crippen LogP contribution in [0.5, 0.6) is 11.5 Å². The lowest BCUT2D eigenvalue weighted by Gasteiger charge is -2.15. The third kappa shape index (κ3) is 4.79. The fraction of sp³-hybridized carbons (Fsp3) is 0.333. The Hall–Kier alpha value is -1.39. The summed E-state index contributed by atoms with van der Waals surface area (Å²) in [4.78, 5) is 0. The summed E-state index contributed by atoms with van der Waals surface area (Å²) >= 11 is 9.76. The molecule has 2 aromatic rings. The lowest BCUT2D eigenvalue weighted by molar-refractivity contribution is 0.287. The summed E-state index contributed by atoms with van der Waals surface area (Å²) in [5.74, 6) is 1.51. The molecular formula is C18H21BrClNO2. The van der Waals surface area contributed by atoms with Crippen molar-refractivity contribution in [2.75, 3.05) is 18.5 Å². The monoisotopic (exact) mass is 397 g/mol. The molecule has 0 atom stereocenters. The van der Waals surface area contributed by atoms with Crippen molar-refractivity contribution in [3.63, 3.8) is 0 Å². The molecule has 5 heteroatoms. The smallest absolute Gasteiger partial charge is 0.162 e. The van der Waals surface area contributed by atoms with Gasteiger partial charge in [-0.05, 0) is 56.2 Å². The van der Waals surface area contributed by atoms with Crippen LogP contribution in [0.25, 0.3) is 0 Å². The second-order valence-corrected chi connectivity index (χ2v) is 6.34. The van der Waals surface area contributed by atoms with E-state index in [2.05, 4.69) is 21.2 Å². The molecule has 0 fully saturated rings. The second-order valence-electron chi connectivity index (χ2n) is 5.07. The predicted molar refractivity (Wildman–Crippen MR) is 100.0 cm³/mol. The normalized spacial score (nSPS) is 10.5. The van der Waals surface area contributed by atoms with Gasteiger partial charge in [-0.3, -0.25) is 0 Å². The molecule has 3 nitrogen and oxygen atoms in total. The third-order valence-corrected chi connectivity index (χ3v) is 4.51. The second kappa shape index (κ2) is 8.46. The van der Waals surface area contributed by atoms with Crippen molar-refractivity contribution < 1.29 is 9.47 Å². The summed E-state index contributed by atoms with van der Waals surface area (Å²) < 4.78 is 12.3. The standard InChI is InChI=1S/C18H21BrClNO2/c1-4-22-17-8-13(15(19)10-18(17)23-5-2)11-21-14-7-6-12(3)16(20)9-14/h6-10,21H,4-5,11H2,1-3H3. The number of rotatable bonds is 7. The highest BCUT2D eigenvalue weighted by Gasteiger charge is 2.11. The number of halogens is 2. The maximum atomic E-state index is 6.16. The number of benzene rings is 2. The van der Waals surface area contributed by atoms with Crippen LogP contribution in [0, 0.1) is 6.92 Å². The zero-order chi connectivity index (χ0) is 16.8. The van der Waals surface area contributed by atoms with E-state index >= 15 is 0 Å². The van der Waals surface area contributed by atoms with Gasteiger partial charge < -0.3 is 14.8 Å². The first-order valence-corrected chi connectivity index (χ1v) is 8.80. The van der Waals surface area contributed by atoms with E-state index in [4.69, 9.17) is 21.1 Å². The molecule has 0 saturated heterocycles. The van der Waals surface area contributed by atoms with E-state index < -0.39 is 0 Å². The molecular weight excluding hydrogens is 378 g/mol. The van der Waals surface area contributed by atoms with E-state index in [-0.39, 0.29) is 0 Å². The maximum absolute atomic E-state index is 6.16. The summed E-state index contributed by atoms with van der Waals surface area (Å²) in [6.45, 7) is 7.77. The van der Waals surface area contributed by atoms with Crippen molar-refractivity contribution in [1.29, 1.82) is 0 Å². The van der Waals surface area contributed by atoms with Gasteiger partial charge in [0.05, 0.1) is 13.2 Å². The summed E-state index contributed by atoms with van der Waals surface area (Å²) in [5, 5.41) is 4.14. The molecule has 1 N–H and O–H groups in total. The number of hydrogen-bond donors (Lipinski definition) is 1. The largest absolute Gasteiger partial charge is 0.490 e. The molecule has 0 spiro atoms. The van der Waals surface area contributed by atoms with Gasteiger partial charge in [0.1, 0.15) is 0 Å². The molecule has 0 heterocycles. The predicted octanol–water partition coefficient (Wildman–Crippen LogP) is 5.82. The minimum atomic E-state index is 0.599. The SMILES string of the molecule is CCOc1cc(Br)c(CNc2ccc(C)c(Cl)c2)cc1OCC. The summed E-state index contributed by atoms with van der Waals surface area (Å²) in [6, 6.07) is 9.91. The molecule has 0 bridgehead atoms. The average Bonchev–Trinajstić information content (AvgIpc) is 2.52. The topological polar surface area (TPSA) is 30.5 Å². The van der Waals surface area contributed by atoms with E-state index in [1.54, 1.807) is 0 Å². The fourth-order valence-corrected chi connectivity index (χ4v) is 2.79. The highest BCUT2D eigenvalue weighted by atomic mass is 79.9. The van der Waals surface area contributed by atoms with Gasteiger partial charge in [0.25, 0.3) is 0 Å². The van der Waals surface area contributed by atoms with Gasteiger partial charge in [-0.25, -0.2) is 0 Å². The Balaban J connectivity index is 2.18. The molecule has 23 heavy (non-hydrogen) atoms. The van der Waals surface area contributed by atoms with E-state index in [0.29, 0.717) is 19.8 Å². The maximum Gasteiger partial charge on any atom is 0.162 e. The van der Waals surface area contributed by atoms with E-state index in [0.717, 1.165) is 37.8 Å². The highest BCUT2D eigenvalue weighted by Crippen LogP contribution is 2.34. The average molecular weight is 399 g/mol. The molecule has 0 aliphatic carbocycles. The molecule has 2 rings (SSSR count). The van der Waals surface area contributed by atoms with Crippen LogP contribution in [0.2, 0.25) is 5.02 Å². The molecule has 0 aliphatic rings. The van der Waals surface area contributed by atoms with Crippen LogP contribution in [-0.4, -0.2) is 13.2 Å². The van der Waals surface area contributed by atoms with E-state index in [1.807, 2.05) is 51.1 Å². The van der Waals surface area contributed by atoms with Gasteiger partial charge in [-0.2, -0.15) is 0 Å². The Morgan fingerprint density at radius 3 is 2.30 bits per heavy atom. The number of hydrogen-bond acceptors (Lipinski definition) is 3. The first kappa shape index (κ1) is 18.0. The van der Waals surface area contributed by atoms with Crippen LogP contribution in [0.1, 0.15) is 25.0 Å². The summed E-state index contributed by atoms with van der Waals surface area (Å²) in [7, 11) is 0.